The molecule has 0 radical (unpaired) electrons. The van der Waals surface area contributed by atoms with Crippen molar-refractivity contribution in [1.29, 1.82) is 0 Å². The number of nitrogens with one attached hydrogen (secondary N) is 1. The van der Waals surface area contributed by atoms with E-state index >= 15 is 0 Å². The normalized spacial score (nSPS) is 16.8. The molecule has 0 atom stereocenters. The smallest absolute Gasteiger partial charge is 0.282 e. The van der Waals surface area contributed by atoms with Crippen molar-refractivity contribution >= 4 is 33.4 Å². The molecule has 0 saturated carbocycles. The Morgan fingerprint density at radius 1 is 1.10 bits per heavy atom. The monoisotopic (exact) mass is 453 g/mol. The maximum Gasteiger partial charge on any atom is 0.282 e. The van der Waals surface area contributed by atoms with Crippen LogP contribution in [-0.4, -0.2) is 56.8 Å². The lowest BCUT2D eigenvalue weighted by Crippen LogP contribution is -2.51. The minimum atomic E-state index is -3.80. The van der Waals surface area contributed by atoms with Gasteiger partial charge in [-0.2, -0.15) is 17.0 Å². The number of hydrogen-bond donors (Lipinski definition) is 1. The van der Waals surface area contributed by atoms with E-state index in [0.717, 1.165) is 5.56 Å². The van der Waals surface area contributed by atoms with E-state index in [1.165, 1.54) is 22.8 Å². The van der Waals surface area contributed by atoms with E-state index in [-0.39, 0.29) is 19.6 Å². The zero-order valence-corrected chi connectivity index (χ0v) is 18.4. The van der Waals surface area contributed by atoms with Crippen LogP contribution >= 0.6 is 11.6 Å². The second-order valence-corrected chi connectivity index (χ2v) is 9.07. The van der Waals surface area contributed by atoms with Gasteiger partial charge in [0.15, 0.2) is 0 Å². The van der Waals surface area contributed by atoms with Crippen molar-refractivity contribution in [1.82, 2.24) is 8.61 Å². The third-order valence-electron chi connectivity index (χ3n) is 4.77. The molecule has 10 heteroatoms. The Kier molecular flexibility index (Phi) is 7.19. The predicted octanol–water partition coefficient (Wildman–Crippen LogP) is 2.75. The molecular formula is C20H24ClN3O5S. The van der Waals surface area contributed by atoms with Crippen LogP contribution in [0.25, 0.3) is 0 Å². The molecule has 162 valence electrons. The van der Waals surface area contributed by atoms with Crippen LogP contribution in [0.4, 0.5) is 5.69 Å². The Morgan fingerprint density at radius 2 is 1.83 bits per heavy atom. The van der Waals surface area contributed by atoms with Gasteiger partial charge in [-0.1, -0.05) is 29.8 Å². The zero-order chi connectivity index (χ0) is 21.7. The molecule has 1 saturated heterocycles. The first-order valence-corrected chi connectivity index (χ1v) is 11.1. The van der Waals surface area contributed by atoms with Crippen molar-refractivity contribution in [2.24, 2.45) is 0 Å². The molecule has 0 bridgehead atoms. The second kappa shape index (κ2) is 9.65. The third-order valence-corrected chi connectivity index (χ3v) is 7.07. The SMILES string of the molecule is COc1ccc(NC(=O)CN2CCCN(Cc3ccccc3Cl)S2(=O)=O)c(OC)c1. The van der Waals surface area contributed by atoms with Gasteiger partial charge in [-0.15, -0.1) is 0 Å². The molecule has 1 fully saturated rings. The molecule has 1 heterocycles. The van der Waals surface area contributed by atoms with Gasteiger partial charge in [0.1, 0.15) is 11.5 Å². The van der Waals surface area contributed by atoms with Crippen LogP contribution in [0.15, 0.2) is 42.5 Å². The minimum absolute atomic E-state index is 0.159. The number of carbonyl (C=O) groups excluding carboxylic acids is 1. The van der Waals surface area contributed by atoms with Gasteiger partial charge >= 0.3 is 0 Å². The van der Waals surface area contributed by atoms with Crippen molar-refractivity contribution in [3.05, 3.63) is 53.1 Å². The highest BCUT2D eigenvalue weighted by Gasteiger charge is 2.35. The fraction of sp³-hybridized carbons (Fsp3) is 0.350. The largest absolute Gasteiger partial charge is 0.497 e. The van der Waals surface area contributed by atoms with E-state index in [4.69, 9.17) is 21.1 Å². The molecule has 1 N–H and O–H groups in total. The molecule has 2 aromatic carbocycles. The van der Waals surface area contributed by atoms with Crippen molar-refractivity contribution in [3.63, 3.8) is 0 Å². The van der Waals surface area contributed by atoms with Gasteiger partial charge < -0.3 is 14.8 Å². The highest BCUT2D eigenvalue weighted by molar-refractivity contribution is 7.86. The van der Waals surface area contributed by atoms with E-state index in [2.05, 4.69) is 5.32 Å². The van der Waals surface area contributed by atoms with Gasteiger partial charge in [-0.25, -0.2) is 0 Å². The standard InChI is InChI=1S/C20H24ClN3O5S/c1-28-16-8-9-18(19(12-16)29-2)22-20(25)14-24-11-5-10-23(30(24,26)27)13-15-6-3-4-7-17(15)21/h3-4,6-9,12H,5,10-11,13-14H2,1-2H3,(H,22,25). The molecule has 1 aliphatic rings. The van der Waals surface area contributed by atoms with E-state index in [1.54, 1.807) is 36.4 Å². The fourth-order valence-corrected chi connectivity index (χ4v) is 5.03. The number of benzene rings is 2. The number of carbonyl (C=O) groups is 1. The molecule has 2 aromatic rings. The van der Waals surface area contributed by atoms with Crippen LogP contribution < -0.4 is 14.8 Å². The summed E-state index contributed by atoms with van der Waals surface area (Å²) in [5.41, 5.74) is 1.16. The van der Waals surface area contributed by atoms with Gasteiger partial charge in [0.05, 0.1) is 26.5 Å². The summed E-state index contributed by atoms with van der Waals surface area (Å²) >= 11 is 6.18. The lowest BCUT2D eigenvalue weighted by molar-refractivity contribution is -0.116. The molecule has 0 aromatic heterocycles. The summed E-state index contributed by atoms with van der Waals surface area (Å²) < 4.78 is 39.0. The average Bonchev–Trinajstić information content (AvgIpc) is 2.73. The highest BCUT2D eigenvalue weighted by Crippen LogP contribution is 2.29. The van der Waals surface area contributed by atoms with Crippen LogP contribution in [0, 0.1) is 0 Å². The quantitative estimate of drug-likeness (QED) is 0.696. The van der Waals surface area contributed by atoms with Gasteiger partial charge in [0, 0.05) is 30.7 Å². The Balaban J connectivity index is 1.70. The number of nitrogens with zero attached hydrogens (tertiary/aromatic N) is 2. The minimum Gasteiger partial charge on any atom is -0.497 e. The van der Waals surface area contributed by atoms with Gasteiger partial charge in [-0.3, -0.25) is 4.79 Å². The molecule has 1 aliphatic heterocycles. The molecule has 0 unspecified atom stereocenters. The topological polar surface area (TPSA) is 88.2 Å². The van der Waals surface area contributed by atoms with E-state index < -0.39 is 16.1 Å². The molecule has 3 rings (SSSR count). The third kappa shape index (κ3) is 5.04. The molecule has 0 aliphatic carbocycles. The molecule has 8 nitrogen and oxygen atoms in total. The number of hydrogen-bond acceptors (Lipinski definition) is 5. The van der Waals surface area contributed by atoms with Gasteiger partial charge in [0.2, 0.25) is 5.91 Å². The predicted molar refractivity (Wildman–Crippen MR) is 115 cm³/mol. The molecule has 30 heavy (non-hydrogen) atoms. The van der Waals surface area contributed by atoms with Crippen molar-refractivity contribution < 1.29 is 22.7 Å². The summed E-state index contributed by atoms with van der Waals surface area (Å²) in [6.07, 6.45) is 0.614. The fourth-order valence-electron chi connectivity index (χ4n) is 3.21. The Morgan fingerprint density at radius 3 is 2.53 bits per heavy atom. The maximum atomic E-state index is 13.0. The van der Waals surface area contributed by atoms with E-state index in [0.29, 0.717) is 35.2 Å². The summed E-state index contributed by atoms with van der Waals surface area (Å²) in [7, 11) is -0.788. The summed E-state index contributed by atoms with van der Waals surface area (Å²) in [4.78, 5) is 12.6. The molecule has 1 amide bonds. The summed E-state index contributed by atoms with van der Waals surface area (Å²) in [6.45, 7) is 0.509. The van der Waals surface area contributed by atoms with Crippen molar-refractivity contribution in [2.45, 2.75) is 13.0 Å². The second-order valence-electron chi connectivity index (χ2n) is 6.73. The van der Waals surface area contributed by atoms with Crippen LogP contribution in [0.5, 0.6) is 11.5 Å². The number of ether oxygens (including phenoxy) is 2. The lowest BCUT2D eigenvalue weighted by atomic mass is 10.2. The van der Waals surface area contributed by atoms with Gasteiger partial charge in [0.25, 0.3) is 10.2 Å². The van der Waals surface area contributed by atoms with E-state index in [1.807, 2.05) is 6.07 Å². The van der Waals surface area contributed by atoms with Crippen molar-refractivity contribution in [3.8, 4) is 11.5 Å². The number of anilines is 1. The first kappa shape index (κ1) is 22.4. The highest BCUT2D eigenvalue weighted by atomic mass is 35.5. The van der Waals surface area contributed by atoms with Crippen LogP contribution in [0.2, 0.25) is 5.02 Å². The Labute approximate surface area is 181 Å². The maximum absolute atomic E-state index is 13.0. The summed E-state index contributed by atoms with van der Waals surface area (Å²) in [5.74, 6) is 0.546. The molecular weight excluding hydrogens is 430 g/mol. The van der Waals surface area contributed by atoms with Crippen LogP contribution in [0.3, 0.4) is 0 Å². The number of amides is 1. The van der Waals surface area contributed by atoms with E-state index in [9.17, 15) is 13.2 Å². The number of rotatable bonds is 7. The number of methoxy groups -OCH3 is 2. The van der Waals surface area contributed by atoms with Crippen LogP contribution in [-0.2, 0) is 21.5 Å². The lowest BCUT2D eigenvalue weighted by Gasteiger charge is -2.34. The Bertz CT molecular complexity index is 1020. The molecule has 0 spiro atoms. The van der Waals surface area contributed by atoms with Crippen LogP contribution in [0.1, 0.15) is 12.0 Å². The average molecular weight is 454 g/mol. The Hall–Kier alpha value is -2.33. The zero-order valence-electron chi connectivity index (χ0n) is 16.8. The number of halogens is 1. The first-order chi connectivity index (χ1) is 14.3. The van der Waals surface area contributed by atoms with Crippen molar-refractivity contribution in [2.75, 3.05) is 39.2 Å². The summed E-state index contributed by atoms with van der Waals surface area (Å²) in [6, 6.07) is 12.1. The summed E-state index contributed by atoms with van der Waals surface area (Å²) in [5, 5.41) is 3.21. The van der Waals surface area contributed by atoms with Gasteiger partial charge in [-0.05, 0) is 30.2 Å². The first-order valence-electron chi connectivity index (χ1n) is 9.35.